The topological polar surface area (TPSA) is 87.2 Å². The predicted molar refractivity (Wildman–Crippen MR) is 119 cm³/mol. The van der Waals surface area contributed by atoms with Crippen molar-refractivity contribution in [3.63, 3.8) is 0 Å². The molecule has 32 heavy (non-hydrogen) atoms. The van der Waals surface area contributed by atoms with Gasteiger partial charge in [-0.1, -0.05) is 48.5 Å². The van der Waals surface area contributed by atoms with Crippen molar-refractivity contribution >= 4 is 18.0 Å². The van der Waals surface area contributed by atoms with Crippen LogP contribution in [-0.2, 0) is 14.3 Å². The highest BCUT2D eigenvalue weighted by Crippen LogP contribution is 2.44. The molecule has 2 aromatic carbocycles. The van der Waals surface area contributed by atoms with Crippen molar-refractivity contribution in [3.8, 4) is 11.1 Å². The molecule has 168 valence electrons. The van der Waals surface area contributed by atoms with Gasteiger partial charge in [-0.05, 0) is 41.5 Å². The van der Waals surface area contributed by atoms with Gasteiger partial charge >= 0.3 is 12.1 Å². The van der Waals surface area contributed by atoms with E-state index in [2.05, 4.69) is 12.1 Å². The number of piperidine rings is 1. The average molecular weight is 437 g/mol. The molecule has 1 heterocycles. The van der Waals surface area contributed by atoms with Crippen molar-refractivity contribution in [1.82, 2.24) is 9.80 Å². The molecule has 0 radical (unpaired) electrons. The minimum absolute atomic E-state index is 0.101. The molecule has 0 saturated carbocycles. The molecular formula is C25H28N2O5. The van der Waals surface area contributed by atoms with Gasteiger partial charge in [0, 0.05) is 26.1 Å². The summed E-state index contributed by atoms with van der Waals surface area (Å²) in [7, 11) is 1.38. The molecule has 1 aliphatic carbocycles. The van der Waals surface area contributed by atoms with Gasteiger partial charge in [0.25, 0.3) is 0 Å². The summed E-state index contributed by atoms with van der Waals surface area (Å²) in [6, 6.07) is 14.8. The molecule has 0 spiro atoms. The average Bonchev–Trinajstić information content (AvgIpc) is 3.14. The van der Waals surface area contributed by atoms with Gasteiger partial charge in [0.15, 0.2) is 0 Å². The molecule has 7 nitrogen and oxygen atoms in total. The van der Waals surface area contributed by atoms with Crippen LogP contribution in [0.1, 0.15) is 42.7 Å². The largest absolute Gasteiger partial charge is 0.480 e. The lowest BCUT2D eigenvalue weighted by Gasteiger charge is -2.30. The second-order valence-electron chi connectivity index (χ2n) is 8.41. The third-order valence-corrected chi connectivity index (χ3v) is 6.45. The quantitative estimate of drug-likeness (QED) is 0.746. The number of carbonyl (C=O) groups is 3. The Morgan fingerprint density at radius 1 is 1.00 bits per heavy atom. The Hall–Kier alpha value is -3.35. The third kappa shape index (κ3) is 4.33. The molecule has 0 bridgehead atoms. The summed E-state index contributed by atoms with van der Waals surface area (Å²) < 4.78 is 5.56. The Morgan fingerprint density at radius 3 is 2.12 bits per heavy atom. The van der Waals surface area contributed by atoms with E-state index in [-0.39, 0.29) is 24.9 Å². The van der Waals surface area contributed by atoms with Crippen LogP contribution in [0.2, 0.25) is 0 Å². The van der Waals surface area contributed by atoms with Crippen molar-refractivity contribution in [2.45, 2.75) is 37.6 Å². The lowest BCUT2D eigenvalue weighted by molar-refractivity contribution is -0.146. The number of carbonyl (C=O) groups excluding carboxylic acids is 2. The molecule has 1 saturated heterocycles. The van der Waals surface area contributed by atoms with Crippen LogP contribution in [0.25, 0.3) is 11.1 Å². The Balaban J connectivity index is 1.42. The van der Waals surface area contributed by atoms with Gasteiger partial charge in [-0.15, -0.1) is 0 Å². The molecule has 1 unspecified atom stereocenters. The van der Waals surface area contributed by atoms with Crippen LogP contribution < -0.4 is 0 Å². The monoisotopic (exact) mass is 436 g/mol. The molecule has 1 aliphatic heterocycles. The zero-order valence-corrected chi connectivity index (χ0v) is 18.2. The Morgan fingerprint density at radius 2 is 1.56 bits per heavy atom. The van der Waals surface area contributed by atoms with Crippen LogP contribution in [0, 0.1) is 0 Å². The van der Waals surface area contributed by atoms with E-state index in [0.29, 0.717) is 13.1 Å². The number of likely N-dealkylation sites (tertiary alicyclic amines) is 1. The van der Waals surface area contributed by atoms with Crippen LogP contribution in [-0.4, -0.2) is 65.7 Å². The van der Waals surface area contributed by atoms with Gasteiger partial charge in [-0.25, -0.2) is 9.59 Å². The molecule has 2 amide bonds. The molecule has 1 fully saturated rings. The van der Waals surface area contributed by atoms with E-state index in [4.69, 9.17) is 4.74 Å². The number of benzene rings is 2. The molecule has 0 aromatic heterocycles. The second kappa shape index (κ2) is 9.42. The summed E-state index contributed by atoms with van der Waals surface area (Å²) in [6.45, 7) is 1.38. The molecule has 2 aromatic rings. The first-order valence-electron chi connectivity index (χ1n) is 11.1. The number of aliphatic carboxylic acids is 1. The first-order valence-corrected chi connectivity index (χ1v) is 11.1. The van der Waals surface area contributed by atoms with Gasteiger partial charge < -0.3 is 14.7 Å². The van der Waals surface area contributed by atoms with E-state index < -0.39 is 18.1 Å². The Kier molecular flexibility index (Phi) is 6.44. The number of carboxylic acid groups (broad SMARTS) is 1. The zero-order valence-electron chi connectivity index (χ0n) is 18.2. The summed E-state index contributed by atoms with van der Waals surface area (Å²) in [6.07, 6.45) is 1.92. The number of ether oxygens (including phenoxy) is 1. The fourth-order valence-electron chi connectivity index (χ4n) is 4.65. The molecular weight excluding hydrogens is 408 g/mol. The fourth-order valence-corrected chi connectivity index (χ4v) is 4.65. The maximum atomic E-state index is 12.7. The van der Waals surface area contributed by atoms with Crippen LogP contribution in [0.3, 0.4) is 0 Å². The van der Waals surface area contributed by atoms with Crippen molar-refractivity contribution in [3.05, 3.63) is 59.7 Å². The SMILES string of the molecule is CN(C(=O)OCC1c2ccccc2-c2ccccc21)C(CC(=O)N1CCCCC1)C(=O)O. The Labute approximate surface area is 187 Å². The predicted octanol–water partition coefficient (Wildman–Crippen LogP) is 3.72. The maximum Gasteiger partial charge on any atom is 0.410 e. The van der Waals surface area contributed by atoms with E-state index in [1.165, 1.54) is 7.05 Å². The minimum Gasteiger partial charge on any atom is -0.480 e. The van der Waals surface area contributed by atoms with E-state index in [1.54, 1.807) is 4.90 Å². The van der Waals surface area contributed by atoms with Gasteiger partial charge in [0.05, 0.1) is 6.42 Å². The maximum absolute atomic E-state index is 12.7. The van der Waals surface area contributed by atoms with E-state index >= 15 is 0 Å². The standard InChI is InChI=1S/C25H28N2O5/c1-26(22(24(29)30)15-23(28)27-13-7-2-8-14-27)25(31)32-16-21-19-11-5-3-9-17(19)18-10-4-6-12-20(18)21/h3-6,9-12,21-22H,2,7-8,13-16H2,1H3,(H,29,30). The highest BCUT2D eigenvalue weighted by atomic mass is 16.6. The number of carboxylic acids is 1. The van der Waals surface area contributed by atoms with Gasteiger partial charge in [-0.2, -0.15) is 0 Å². The van der Waals surface area contributed by atoms with Gasteiger partial charge in [0.2, 0.25) is 5.91 Å². The van der Waals surface area contributed by atoms with Crippen LogP contribution in [0.5, 0.6) is 0 Å². The minimum atomic E-state index is -1.26. The number of likely N-dealkylation sites (N-methyl/N-ethyl adjacent to an activating group) is 1. The van der Waals surface area contributed by atoms with E-state index in [0.717, 1.165) is 46.4 Å². The van der Waals surface area contributed by atoms with Gasteiger partial charge in [0.1, 0.15) is 12.6 Å². The number of fused-ring (bicyclic) bond motifs is 3. The summed E-state index contributed by atoms with van der Waals surface area (Å²) in [5.41, 5.74) is 4.40. The normalized spacial score (nSPS) is 16.1. The van der Waals surface area contributed by atoms with Gasteiger partial charge in [-0.3, -0.25) is 9.69 Å². The van der Waals surface area contributed by atoms with Crippen molar-refractivity contribution in [2.24, 2.45) is 0 Å². The first kappa shape index (κ1) is 21.9. The second-order valence-corrected chi connectivity index (χ2v) is 8.41. The van der Waals surface area contributed by atoms with E-state index in [9.17, 15) is 19.5 Å². The van der Waals surface area contributed by atoms with Crippen LogP contribution in [0.15, 0.2) is 48.5 Å². The lowest BCUT2D eigenvalue weighted by atomic mass is 9.98. The molecule has 1 atom stereocenters. The van der Waals surface area contributed by atoms with Crippen LogP contribution in [0.4, 0.5) is 4.79 Å². The third-order valence-electron chi connectivity index (χ3n) is 6.45. The molecule has 1 N–H and O–H groups in total. The van der Waals surface area contributed by atoms with Crippen LogP contribution >= 0.6 is 0 Å². The first-order chi connectivity index (χ1) is 15.5. The number of nitrogens with zero attached hydrogens (tertiary/aromatic N) is 2. The smallest absolute Gasteiger partial charge is 0.410 e. The number of hydrogen-bond acceptors (Lipinski definition) is 4. The van der Waals surface area contributed by atoms with E-state index in [1.807, 2.05) is 36.4 Å². The summed E-state index contributed by atoms with van der Waals surface area (Å²) >= 11 is 0. The number of hydrogen-bond donors (Lipinski definition) is 1. The van der Waals surface area contributed by atoms with Crippen molar-refractivity contribution in [2.75, 3.05) is 26.7 Å². The van der Waals surface area contributed by atoms with Crippen molar-refractivity contribution < 1.29 is 24.2 Å². The molecule has 7 heteroatoms. The molecule has 2 aliphatic rings. The lowest BCUT2D eigenvalue weighted by Crippen LogP contribution is -2.47. The summed E-state index contributed by atoms with van der Waals surface area (Å²) in [5.74, 6) is -1.57. The highest BCUT2D eigenvalue weighted by Gasteiger charge is 2.34. The number of rotatable bonds is 6. The zero-order chi connectivity index (χ0) is 22.7. The molecule has 4 rings (SSSR count). The Bertz CT molecular complexity index is 969. The summed E-state index contributed by atoms with van der Waals surface area (Å²) in [5, 5.41) is 9.66. The number of amides is 2. The summed E-state index contributed by atoms with van der Waals surface area (Å²) in [4.78, 5) is 39.8. The fraction of sp³-hybridized carbons (Fsp3) is 0.400. The van der Waals surface area contributed by atoms with Crippen molar-refractivity contribution in [1.29, 1.82) is 0 Å². The highest BCUT2D eigenvalue weighted by molar-refractivity contribution is 5.87.